The van der Waals surface area contributed by atoms with Crippen LogP contribution in [-0.4, -0.2) is 29.6 Å². The van der Waals surface area contributed by atoms with Crippen molar-refractivity contribution in [3.63, 3.8) is 0 Å². The van der Waals surface area contributed by atoms with Crippen LogP contribution in [0.1, 0.15) is 47.0 Å². The molecule has 1 rings (SSSR count). The van der Waals surface area contributed by atoms with Crippen LogP contribution in [0, 0.1) is 5.92 Å². The van der Waals surface area contributed by atoms with Crippen LogP contribution in [0.3, 0.4) is 0 Å². The second kappa shape index (κ2) is 5.13. The SMILES string of the molecule is CCC1CCC(C)N1CC(N)C(C)C. The second-order valence-electron chi connectivity index (χ2n) is 5.09. The van der Waals surface area contributed by atoms with Gasteiger partial charge in [0.25, 0.3) is 0 Å². The lowest BCUT2D eigenvalue weighted by atomic mass is 10.0. The molecule has 0 aromatic rings. The van der Waals surface area contributed by atoms with Crippen LogP contribution >= 0.6 is 0 Å². The van der Waals surface area contributed by atoms with E-state index in [1.54, 1.807) is 0 Å². The highest BCUT2D eigenvalue weighted by atomic mass is 15.2. The van der Waals surface area contributed by atoms with Crippen molar-refractivity contribution in [2.75, 3.05) is 6.54 Å². The van der Waals surface area contributed by atoms with Gasteiger partial charge in [0, 0.05) is 24.7 Å². The van der Waals surface area contributed by atoms with E-state index in [2.05, 4.69) is 32.6 Å². The Bertz CT molecular complexity index is 168. The van der Waals surface area contributed by atoms with Crippen molar-refractivity contribution in [2.24, 2.45) is 11.7 Å². The molecule has 0 saturated carbocycles. The second-order valence-corrected chi connectivity index (χ2v) is 5.09. The van der Waals surface area contributed by atoms with Gasteiger partial charge in [-0.15, -0.1) is 0 Å². The third-order valence-corrected chi connectivity index (χ3v) is 3.70. The quantitative estimate of drug-likeness (QED) is 0.750. The van der Waals surface area contributed by atoms with E-state index in [-0.39, 0.29) is 0 Å². The zero-order chi connectivity index (χ0) is 10.7. The van der Waals surface area contributed by atoms with E-state index < -0.39 is 0 Å². The number of nitrogens with zero attached hydrogens (tertiary/aromatic N) is 1. The summed E-state index contributed by atoms with van der Waals surface area (Å²) in [7, 11) is 0. The minimum absolute atomic E-state index is 0.338. The van der Waals surface area contributed by atoms with E-state index in [1.165, 1.54) is 19.3 Å². The Kier molecular flexibility index (Phi) is 4.39. The summed E-state index contributed by atoms with van der Waals surface area (Å²) in [6, 6.07) is 1.86. The summed E-state index contributed by atoms with van der Waals surface area (Å²) in [5.41, 5.74) is 6.13. The van der Waals surface area contributed by atoms with Crippen molar-refractivity contribution < 1.29 is 0 Å². The molecule has 14 heavy (non-hydrogen) atoms. The highest BCUT2D eigenvalue weighted by Gasteiger charge is 2.30. The number of rotatable bonds is 4. The van der Waals surface area contributed by atoms with Crippen molar-refractivity contribution in [3.8, 4) is 0 Å². The summed E-state index contributed by atoms with van der Waals surface area (Å²) in [5.74, 6) is 0.598. The zero-order valence-electron chi connectivity index (χ0n) is 10.2. The molecular formula is C12H26N2. The summed E-state index contributed by atoms with van der Waals surface area (Å²) < 4.78 is 0. The Morgan fingerprint density at radius 1 is 1.36 bits per heavy atom. The standard InChI is InChI=1S/C12H26N2/c1-5-11-7-6-10(4)14(11)8-12(13)9(2)3/h9-12H,5-8,13H2,1-4H3. The highest BCUT2D eigenvalue weighted by molar-refractivity contribution is 4.87. The fourth-order valence-corrected chi connectivity index (χ4v) is 2.35. The van der Waals surface area contributed by atoms with Gasteiger partial charge in [-0.25, -0.2) is 0 Å². The smallest absolute Gasteiger partial charge is 0.0191 e. The van der Waals surface area contributed by atoms with Gasteiger partial charge in [0.1, 0.15) is 0 Å². The minimum Gasteiger partial charge on any atom is -0.326 e. The zero-order valence-corrected chi connectivity index (χ0v) is 10.2. The van der Waals surface area contributed by atoms with Crippen LogP contribution in [0.25, 0.3) is 0 Å². The van der Waals surface area contributed by atoms with E-state index >= 15 is 0 Å². The third kappa shape index (κ3) is 2.71. The molecule has 3 unspecified atom stereocenters. The number of hydrogen-bond acceptors (Lipinski definition) is 2. The average molecular weight is 198 g/mol. The molecule has 0 spiro atoms. The molecule has 2 heteroatoms. The largest absolute Gasteiger partial charge is 0.326 e. The molecule has 1 aliphatic rings. The average Bonchev–Trinajstić information content (AvgIpc) is 2.47. The molecule has 0 bridgehead atoms. The molecule has 1 aliphatic heterocycles. The van der Waals surface area contributed by atoms with E-state index in [0.717, 1.165) is 18.6 Å². The maximum absolute atomic E-state index is 6.13. The molecule has 0 amide bonds. The van der Waals surface area contributed by atoms with E-state index in [0.29, 0.717) is 12.0 Å². The summed E-state index contributed by atoms with van der Waals surface area (Å²) in [5, 5.41) is 0. The van der Waals surface area contributed by atoms with Crippen molar-refractivity contribution in [1.29, 1.82) is 0 Å². The molecule has 0 aromatic carbocycles. The van der Waals surface area contributed by atoms with Crippen molar-refractivity contribution in [1.82, 2.24) is 4.90 Å². The summed E-state index contributed by atoms with van der Waals surface area (Å²) in [6.45, 7) is 10.1. The fraction of sp³-hybridized carbons (Fsp3) is 1.00. The lowest BCUT2D eigenvalue weighted by molar-refractivity contribution is 0.174. The summed E-state index contributed by atoms with van der Waals surface area (Å²) in [4.78, 5) is 2.62. The van der Waals surface area contributed by atoms with E-state index in [1.807, 2.05) is 0 Å². The Hall–Kier alpha value is -0.0800. The predicted octanol–water partition coefficient (Wildman–Crippen LogP) is 2.23. The van der Waals surface area contributed by atoms with Gasteiger partial charge >= 0.3 is 0 Å². The Labute approximate surface area is 88.8 Å². The summed E-state index contributed by atoms with van der Waals surface area (Å²) in [6.07, 6.45) is 3.99. The van der Waals surface area contributed by atoms with E-state index in [4.69, 9.17) is 5.73 Å². The Morgan fingerprint density at radius 2 is 2.00 bits per heavy atom. The number of likely N-dealkylation sites (tertiary alicyclic amines) is 1. The molecule has 1 fully saturated rings. The van der Waals surface area contributed by atoms with Gasteiger partial charge in [-0.05, 0) is 32.1 Å². The molecule has 1 heterocycles. The van der Waals surface area contributed by atoms with Crippen molar-refractivity contribution in [2.45, 2.75) is 65.1 Å². The molecule has 2 nitrogen and oxygen atoms in total. The Morgan fingerprint density at radius 3 is 2.50 bits per heavy atom. The number of nitrogens with two attached hydrogens (primary N) is 1. The topological polar surface area (TPSA) is 29.3 Å². The van der Waals surface area contributed by atoms with Gasteiger partial charge in [0.2, 0.25) is 0 Å². The fourth-order valence-electron chi connectivity index (χ4n) is 2.35. The van der Waals surface area contributed by atoms with Gasteiger partial charge in [0.05, 0.1) is 0 Å². The Balaban J connectivity index is 2.48. The van der Waals surface area contributed by atoms with Gasteiger partial charge in [-0.2, -0.15) is 0 Å². The third-order valence-electron chi connectivity index (χ3n) is 3.70. The molecule has 0 aromatic heterocycles. The van der Waals surface area contributed by atoms with Crippen LogP contribution in [0.5, 0.6) is 0 Å². The first-order chi connectivity index (χ1) is 6.56. The maximum atomic E-state index is 6.13. The molecule has 2 N–H and O–H groups in total. The van der Waals surface area contributed by atoms with Gasteiger partial charge in [-0.3, -0.25) is 4.90 Å². The molecule has 0 radical (unpaired) electrons. The first-order valence-electron chi connectivity index (χ1n) is 6.07. The van der Waals surface area contributed by atoms with Crippen LogP contribution < -0.4 is 5.73 Å². The van der Waals surface area contributed by atoms with Crippen molar-refractivity contribution >= 4 is 0 Å². The first-order valence-corrected chi connectivity index (χ1v) is 6.07. The molecule has 1 saturated heterocycles. The molecular weight excluding hydrogens is 172 g/mol. The van der Waals surface area contributed by atoms with Crippen molar-refractivity contribution in [3.05, 3.63) is 0 Å². The molecule has 0 aliphatic carbocycles. The van der Waals surface area contributed by atoms with Gasteiger partial charge < -0.3 is 5.73 Å². The lowest BCUT2D eigenvalue weighted by Crippen LogP contribution is -2.45. The summed E-state index contributed by atoms with van der Waals surface area (Å²) >= 11 is 0. The highest BCUT2D eigenvalue weighted by Crippen LogP contribution is 2.26. The molecule has 3 atom stereocenters. The van der Waals surface area contributed by atoms with Crippen LogP contribution in [0.4, 0.5) is 0 Å². The lowest BCUT2D eigenvalue weighted by Gasteiger charge is -2.31. The van der Waals surface area contributed by atoms with Crippen LogP contribution in [-0.2, 0) is 0 Å². The minimum atomic E-state index is 0.338. The maximum Gasteiger partial charge on any atom is 0.0191 e. The predicted molar refractivity (Wildman–Crippen MR) is 62.3 cm³/mol. The van der Waals surface area contributed by atoms with Crippen LogP contribution in [0.2, 0.25) is 0 Å². The number of hydrogen-bond donors (Lipinski definition) is 1. The first kappa shape index (κ1) is 12.0. The van der Waals surface area contributed by atoms with E-state index in [9.17, 15) is 0 Å². The molecule has 84 valence electrons. The monoisotopic (exact) mass is 198 g/mol. The normalized spacial score (nSPS) is 31.3. The van der Waals surface area contributed by atoms with Gasteiger partial charge in [-0.1, -0.05) is 20.8 Å². The van der Waals surface area contributed by atoms with Gasteiger partial charge in [0.15, 0.2) is 0 Å². The van der Waals surface area contributed by atoms with Crippen LogP contribution in [0.15, 0.2) is 0 Å².